The van der Waals surface area contributed by atoms with Gasteiger partial charge in [0.05, 0.1) is 35.0 Å². The van der Waals surface area contributed by atoms with Crippen LogP contribution in [0.2, 0.25) is 5.15 Å². The average Bonchev–Trinajstić information content (AvgIpc) is 2.77. The zero-order valence-electron chi connectivity index (χ0n) is 18.7. The third-order valence-corrected chi connectivity index (χ3v) is 6.29. The minimum atomic E-state index is -2.70. The van der Waals surface area contributed by atoms with Gasteiger partial charge in [-0.15, -0.1) is 0 Å². The Morgan fingerprint density at radius 2 is 1.97 bits per heavy atom. The van der Waals surface area contributed by atoms with Crippen molar-refractivity contribution in [3.05, 3.63) is 62.0 Å². The van der Waals surface area contributed by atoms with Crippen LogP contribution >= 0.6 is 11.6 Å². The molecular formula is C24H26ClF2N3O3. The zero-order valence-corrected chi connectivity index (χ0v) is 19.5. The Hall–Kier alpha value is -2.71. The van der Waals surface area contributed by atoms with Gasteiger partial charge in [-0.3, -0.25) is 4.79 Å². The maximum absolute atomic E-state index is 13.7. The third-order valence-electron chi connectivity index (χ3n) is 6.08. The normalized spacial score (nSPS) is 16.8. The Labute approximate surface area is 195 Å². The highest BCUT2D eigenvalue weighted by Crippen LogP contribution is 2.35. The van der Waals surface area contributed by atoms with E-state index in [9.17, 15) is 18.7 Å². The topological polar surface area (TPSA) is 78.6 Å². The summed E-state index contributed by atoms with van der Waals surface area (Å²) in [4.78, 5) is 19.1. The molecule has 1 atom stereocenters. The van der Waals surface area contributed by atoms with Gasteiger partial charge in [-0.1, -0.05) is 17.7 Å². The summed E-state index contributed by atoms with van der Waals surface area (Å²) in [6.07, 6.45) is -0.555. The molecule has 1 aromatic carbocycles. The molecule has 0 bridgehead atoms. The number of alkyl halides is 2. The van der Waals surface area contributed by atoms with Crippen LogP contribution < -0.4 is 15.6 Å². The summed E-state index contributed by atoms with van der Waals surface area (Å²) in [7, 11) is 0. The van der Waals surface area contributed by atoms with Crippen LogP contribution in [0, 0.1) is 13.8 Å². The quantitative estimate of drug-likeness (QED) is 0.482. The Bertz CT molecular complexity index is 1250. The highest BCUT2D eigenvalue weighted by molar-refractivity contribution is 6.29. The number of anilines is 2. The van der Waals surface area contributed by atoms with Gasteiger partial charge in [0, 0.05) is 31.5 Å². The molecule has 0 spiro atoms. The van der Waals surface area contributed by atoms with Crippen LogP contribution in [-0.4, -0.2) is 29.1 Å². The highest BCUT2D eigenvalue weighted by Gasteiger charge is 2.35. The van der Waals surface area contributed by atoms with Crippen LogP contribution in [0.3, 0.4) is 0 Å². The van der Waals surface area contributed by atoms with Crippen LogP contribution in [0.1, 0.15) is 48.2 Å². The van der Waals surface area contributed by atoms with E-state index in [1.807, 2.05) is 19.9 Å². The fourth-order valence-electron chi connectivity index (χ4n) is 4.25. The number of aromatic nitrogens is 1. The number of fused-ring (bicyclic) bond motifs is 1. The molecule has 1 fully saturated rings. The van der Waals surface area contributed by atoms with Crippen molar-refractivity contribution in [3.63, 3.8) is 0 Å². The smallest absolute Gasteiger partial charge is 0.251 e. The van der Waals surface area contributed by atoms with Gasteiger partial charge in [0.2, 0.25) is 5.88 Å². The summed E-state index contributed by atoms with van der Waals surface area (Å²) < 4.78 is 33.6. The van der Waals surface area contributed by atoms with Gasteiger partial charge in [-0.25, -0.2) is 13.8 Å². The van der Waals surface area contributed by atoms with Gasteiger partial charge < -0.3 is 19.7 Å². The van der Waals surface area contributed by atoms with E-state index in [1.54, 1.807) is 30.0 Å². The minimum Gasteiger partial charge on any atom is -0.440 e. The number of hydrogen-bond acceptors (Lipinski definition) is 6. The molecule has 0 amide bonds. The minimum absolute atomic E-state index is 0.119. The number of nitrogens with one attached hydrogen (secondary N) is 1. The molecule has 0 aliphatic carbocycles. The number of rotatable bonds is 5. The lowest BCUT2D eigenvalue weighted by atomic mass is 10.00. The van der Waals surface area contributed by atoms with Crippen molar-refractivity contribution in [1.29, 1.82) is 0 Å². The van der Waals surface area contributed by atoms with Gasteiger partial charge in [0.1, 0.15) is 10.7 Å². The number of nitrogens with zero attached hydrogens (tertiary/aromatic N) is 2. The predicted molar refractivity (Wildman–Crippen MR) is 126 cm³/mol. The first-order chi connectivity index (χ1) is 15.6. The molecule has 1 saturated heterocycles. The molecule has 9 heteroatoms. The standard InChI is InChI=1S/C24H26ClF2N3O3/c1-13-10-16(15(3)28-18-4-5-20(25)29-19(18)12-31)22-17(11-13)21(32)14(2)23(33-22)30-8-6-24(26,27)7-9-30/h4-5,10-11,15,28,31H,6-9,12H2,1-3H3/t15-/m1/s1. The molecule has 2 N–H and O–H groups in total. The molecule has 33 heavy (non-hydrogen) atoms. The van der Waals surface area contributed by atoms with E-state index < -0.39 is 5.92 Å². The van der Waals surface area contributed by atoms with Crippen LogP contribution in [0.5, 0.6) is 0 Å². The maximum atomic E-state index is 13.7. The highest BCUT2D eigenvalue weighted by atomic mass is 35.5. The summed E-state index contributed by atoms with van der Waals surface area (Å²) in [5.74, 6) is -2.36. The molecule has 3 heterocycles. The number of hydrogen-bond donors (Lipinski definition) is 2. The Balaban J connectivity index is 1.78. The molecule has 176 valence electrons. The maximum Gasteiger partial charge on any atom is 0.251 e. The zero-order chi connectivity index (χ0) is 23.9. The van der Waals surface area contributed by atoms with Crippen molar-refractivity contribution >= 4 is 34.1 Å². The lowest BCUT2D eigenvalue weighted by Crippen LogP contribution is -2.40. The second kappa shape index (κ2) is 8.91. The van der Waals surface area contributed by atoms with Gasteiger partial charge in [0.15, 0.2) is 5.43 Å². The first-order valence-corrected chi connectivity index (χ1v) is 11.2. The van der Waals surface area contributed by atoms with Crippen LogP contribution in [0.15, 0.2) is 33.5 Å². The molecule has 0 unspecified atom stereocenters. The summed E-state index contributed by atoms with van der Waals surface area (Å²) in [5, 5.41) is 13.7. The van der Waals surface area contributed by atoms with Crippen LogP contribution in [-0.2, 0) is 6.61 Å². The van der Waals surface area contributed by atoms with E-state index in [1.165, 1.54) is 0 Å². The molecule has 4 rings (SSSR count). The summed E-state index contributed by atoms with van der Waals surface area (Å²) in [6.45, 7) is 5.42. The van der Waals surface area contributed by atoms with E-state index in [-0.39, 0.29) is 49.2 Å². The molecule has 1 aliphatic rings. The monoisotopic (exact) mass is 477 g/mol. The Kier molecular flexibility index (Phi) is 6.33. The van der Waals surface area contributed by atoms with E-state index in [0.29, 0.717) is 33.8 Å². The number of piperidine rings is 1. The molecule has 2 aromatic heterocycles. The van der Waals surface area contributed by atoms with E-state index >= 15 is 0 Å². The van der Waals surface area contributed by atoms with Gasteiger partial charge in [0.25, 0.3) is 5.92 Å². The van der Waals surface area contributed by atoms with Crippen LogP contribution in [0.4, 0.5) is 20.4 Å². The van der Waals surface area contributed by atoms with Crippen molar-refractivity contribution < 1.29 is 18.3 Å². The number of aliphatic hydroxyl groups is 1. The number of benzene rings is 1. The first-order valence-electron chi connectivity index (χ1n) is 10.8. The molecule has 0 radical (unpaired) electrons. The lowest BCUT2D eigenvalue weighted by Gasteiger charge is -2.33. The number of aryl methyl sites for hydroxylation is 1. The fraction of sp³-hybridized carbons (Fsp3) is 0.417. The fourth-order valence-corrected chi connectivity index (χ4v) is 4.42. The van der Waals surface area contributed by atoms with Gasteiger partial charge in [-0.05, 0) is 44.5 Å². The first kappa shape index (κ1) is 23.4. The largest absolute Gasteiger partial charge is 0.440 e. The summed E-state index contributed by atoms with van der Waals surface area (Å²) in [5.41, 5.74) is 3.29. The Morgan fingerprint density at radius 1 is 1.27 bits per heavy atom. The second-order valence-corrected chi connectivity index (χ2v) is 8.97. The summed E-state index contributed by atoms with van der Waals surface area (Å²) in [6, 6.07) is 6.74. The Morgan fingerprint density at radius 3 is 2.64 bits per heavy atom. The molecule has 1 aliphatic heterocycles. The number of pyridine rings is 1. The molecule has 6 nitrogen and oxygen atoms in total. The van der Waals surface area contributed by atoms with E-state index in [4.69, 9.17) is 16.0 Å². The van der Waals surface area contributed by atoms with E-state index in [0.717, 1.165) is 11.1 Å². The van der Waals surface area contributed by atoms with E-state index in [2.05, 4.69) is 10.3 Å². The van der Waals surface area contributed by atoms with Gasteiger partial charge in [-0.2, -0.15) is 0 Å². The molecule has 3 aromatic rings. The second-order valence-electron chi connectivity index (χ2n) is 8.59. The van der Waals surface area contributed by atoms with Crippen molar-refractivity contribution in [1.82, 2.24) is 4.98 Å². The molecular weight excluding hydrogens is 452 g/mol. The van der Waals surface area contributed by atoms with Crippen molar-refractivity contribution in [2.45, 2.75) is 52.2 Å². The van der Waals surface area contributed by atoms with Crippen molar-refractivity contribution in [2.24, 2.45) is 0 Å². The van der Waals surface area contributed by atoms with Crippen molar-refractivity contribution in [3.8, 4) is 0 Å². The van der Waals surface area contributed by atoms with Crippen molar-refractivity contribution in [2.75, 3.05) is 23.3 Å². The lowest BCUT2D eigenvalue weighted by molar-refractivity contribution is -0.0225. The van der Waals surface area contributed by atoms with Gasteiger partial charge >= 0.3 is 0 Å². The average molecular weight is 478 g/mol. The van der Waals surface area contributed by atoms with Crippen LogP contribution in [0.25, 0.3) is 11.0 Å². The number of halogens is 3. The summed E-state index contributed by atoms with van der Waals surface area (Å²) >= 11 is 5.94. The predicted octanol–water partition coefficient (Wildman–Crippen LogP) is 5.36. The number of aliphatic hydroxyl groups excluding tert-OH is 1. The third kappa shape index (κ3) is 4.68. The molecule has 0 saturated carbocycles. The SMILES string of the molecule is Cc1cc([C@@H](C)Nc2ccc(Cl)nc2CO)c2oc(N3CCC(F)(F)CC3)c(C)c(=O)c2c1.